The molecular formula is C44H31N. The minimum Gasteiger partial charge on any atom is -0.309 e. The molecule has 0 amide bonds. The van der Waals surface area contributed by atoms with Crippen molar-refractivity contribution in [2.75, 3.05) is 0 Å². The smallest absolute Gasteiger partial charge is 0.0714 e. The fourth-order valence-corrected chi connectivity index (χ4v) is 7.88. The van der Waals surface area contributed by atoms with E-state index in [4.69, 9.17) is 0 Å². The Morgan fingerprint density at radius 1 is 0.489 bits per heavy atom. The lowest BCUT2D eigenvalue weighted by Gasteiger charge is -2.34. The molecule has 0 radical (unpaired) electrons. The van der Waals surface area contributed by atoms with Gasteiger partial charge in [-0.25, -0.2) is 0 Å². The molecule has 0 spiro atoms. The van der Waals surface area contributed by atoms with Crippen molar-refractivity contribution in [3.63, 3.8) is 0 Å². The predicted molar refractivity (Wildman–Crippen MR) is 188 cm³/mol. The van der Waals surface area contributed by atoms with Gasteiger partial charge >= 0.3 is 0 Å². The maximum absolute atomic E-state index is 2.52. The summed E-state index contributed by atoms with van der Waals surface area (Å²) >= 11 is 0. The van der Waals surface area contributed by atoms with Crippen LogP contribution in [-0.4, -0.2) is 4.57 Å². The topological polar surface area (TPSA) is 4.93 Å². The number of rotatable bonds is 4. The second-order valence-corrected chi connectivity index (χ2v) is 12.2. The van der Waals surface area contributed by atoms with Gasteiger partial charge in [0, 0.05) is 22.0 Å². The summed E-state index contributed by atoms with van der Waals surface area (Å²) in [6.45, 7) is 2.16. The van der Waals surface area contributed by atoms with Crippen molar-refractivity contribution in [3.8, 4) is 27.9 Å². The zero-order valence-corrected chi connectivity index (χ0v) is 25.1. The fourth-order valence-electron chi connectivity index (χ4n) is 7.88. The monoisotopic (exact) mass is 573 g/mol. The van der Waals surface area contributed by atoms with E-state index >= 15 is 0 Å². The average Bonchev–Trinajstić information content (AvgIpc) is 3.61. The molecule has 7 aromatic carbocycles. The molecule has 1 heteroatoms. The first-order valence-electron chi connectivity index (χ1n) is 15.7. The molecule has 1 nitrogen and oxygen atoms in total. The van der Waals surface area contributed by atoms with Crippen LogP contribution in [0.3, 0.4) is 0 Å². The molecule has 1 aliphatic carbocycles. The maximum atomic E-state index is 2.52. The van der Waals surface area contributed by atoms with Gasteiger partial charge in [0.2, 0.25) is 0 Å². The molecular weight excluding hydrogens is 542 g/mol. The van der Waals surface area contributed by atoms with Gasteiger partial charge in [-0.05, 0) is 70.1 Å². The summed E-state index contributed by atoms with van der Waals surface area (Å²) in [4.78, 5) is 0. The lowest BCUT2D eigenvalue weighted by Crippen LogP contribution is -2.28. The summed E-state index contributed by atoms with van der Waals surface area (Å²) in [6.07, 6.45) is 0. The van der Waals surface area contributed by atoms with E-state index in [1.54, 1.807) is 0 Å². The highest BCUT2D eigenvalue weighted by Crippen LogP contribution is 2.60. The number of para-hydroxylation sites is 2. The van der Waals surface area contributed by atoms with Gasteiger partial charge in [-0.1, -0.05) is 151 Å². The summed E-state index contributed by atoms with van der Waals surface area (Å²) < 4.78 is 2.50. The largest absolute Gasteiger partial charge is 0.309 e. The van der Waals surface area contributed by atoms with E-state index in [1.165, 1.54) is 77.6 Å². The molecule has 8 aromatic rings. The quantitative estimate of drug-likeness (QED) is 0.197. The summed E-state index contributed by atoms with van der Waals surface area (Å²) in [5.41, 5.74) is 14.7. The molecule has 0 bridgehead atoms. The number of hydrogen-bond donors (Lipinski definition) is 0. The molecule has 45 heavy (non-hydrogen) atoms. The van der Waals surface area contributed by atoms with Crippen molar-refractivity contribution in [3.05, 3.63) is 198 Å². The zero-order chi connectivity index (χ0) is 30.0. The van der Waals surface area contributed by atoms with Crippen LogP contribution in [0.1, 0.15) is 27.8 Å². The molecule has 9 rings (SSSR count). The van der Waals surface area contributed by atoms with Crippen molar-refractivity contribution in [2.45, 2.75) is 12.3 Å². The predicted octanol–water partition coefficient (Wildman–Crippen LogP) is 11.1. The first kappa shape index (κ1) is 25.8. The van der Waals surface area contributed by atoms with E-state index in [2.05, 4.69) is 181 Å². The Morgan fingerprint density at radius 3 is 1.76 bits per heavy atom. The second kappa shape index (κ2) is 9.94. The third kappa shape index (κ3) is 3.62. The Kier molecular flexibility index (Phi) is 5.70. The summed E-state index contributed by atoms with van der Waals surface area (Å²) in [5.74, 6) is 0. The van der Waals surface area contributed by atoms with E-state index in [0.29, 0.717) is 0 Å². The molecule has 0 aliphatic heterocycles. The minimum atomic E-state index is -0.486. The van der Waals surface area contributed by atoms with Gasteiger partial charge < -0.3 is 4.57 Å². The van der Waals surface area contributed by atoms with Crippen molar-refractivity contribution < 1.29 is 0 Å². The first-order chi connectivity index (χ1) is 22.3. The van der Waals surface area contributed by atoms with Crippen molar-refractivity contribution >= 4 is 21.8 Å². The van der Waals surface area contributed by atoms with Gasteiger partial charge in [-0.15, -0.1) is 0 Å². The van der Waals surface area contributed by atoms with E-state index in [1.807, 2.05) is 0 Å². The van der Waals surface area contributed by atoms with Crippen LogP contribution in [-0.2, 0) is 5.41 Å². The number of benzene rings is 7. The van der Waals surface area contributed by atoms with Gasteiger partial charge in [-0.2, -0.15) is 0 Å². The molecule has 0 saturated heterocycles. The number of hydrogen-bond acceptors (Lipinski definition) is 0. The van der Waals surface area contributed by atoms with Crippen LogP contribution >= 0.6 is 0 Å². The lowest BCUT2D eigenvalue weighted by molar-refractivity contribution is 0.769. The number of aryl methyl sites for hydroxylation is 1. The van der Waals surface area contributed by atoms with Crippen LogP contribution in [0.15, 0.2) is 170 Å². The van der Waals surface area contributed by atoms with E-state index < -0.39 is 5.41 Å². The first-order valence-corrected chi connectivity index (χ1v) is 15.7. The maximum Gasteiger partial charge on any atom is 0.0714 e. The third-order valence-corrected chi connectivity index (χ3v) is 9.73. The normalized spacial score (nSPS) is 13.2. The molecule has 0 unspecified atom stereocenters. The summed E-state index contributed by atoms with van der Waals surface area (Å²) in [6, 6.07) is 62.6. The standard InChI is InChI=1S/C44H31N/c1-30-25-27-31(28-26-30)37-29-39-42(43-41(37)36-22-12-14-24-40(36)45(43)34-19-9-4-10-20-34)35-21-11-13-23-38(35)44(39,32-15-5-2-6-16-32)33-17-7-3-8-18-33/h2-29H,1H3. The van der Waals surface area contributed by atoms with Gasteiger partial charge in [0.1, 0.15) is 0 Å². The Bertz CT molecular complexity index is 2310. The van der Waals surface area contributed by atoms with Gasteiger partial charge in [0.15, 0.2) is 0 Å². The Hall–Kier alpha value is -5.66. The third-order valence-electron chi connectivity index (χ3n) is 9.73. The van der Waals surface area contributed by atoms with Gasteiger partial charge in [0.25, 0.3) is 0 Å². The van der Waals surface area contributed by atoms with Crippen molar-refractivity contribution in [1.82, 2.24) is 4.57 Å². The van der Waals surface area contributed by atoms with Crippen LogP contribution in [0.2, 0.25) is 0 Å². The van der Waals surface area contributed by atoms with Crippen LogP contribution in [0.4, 0.5) is 0 Å². The van der Waals surface area contributed by atoms with E-state index in [-0.39, 0.29) is 0 Å². The number of fused-ring (bicyclic) bond motifs is 7. The number of nitrogens with zero attached hydrogens (tertiary/aromatic N) is 1. The van der Waals surface area contributed by atoms with E-state index in [9.17, 15) is 0 Å². The Labute approximate surface area is 263 Å². The average molecular weight is 574 g/mol. The molecule has 0 atom stereocenters. The highest BCUT2D eigenvalue weighted by Gasteiger charge is 2.47. The van der Waals surface area contributed by atoms with Crippen molar-refractivity contribution in [2.24, 2.45) is 0 Å². The highest BCUT2D eigenvalue weighted by molar-refractivity contribution is 6.21. The summed E-state index contributed by atoms with van der Waals surface area (Å²) in [5, 5.41) is 2.56. The summed E-state index contributed by atoms with van der Waals surface area (Å²) in [7, 11) is 0. The Balaban J connectivity index is 1.57. The molecule has 0 fully saturated rings. The highest BCUT2D eigenvalue weighted by atomic mass is 15.0. The van der Waals surface area contributed by atoms with Crippen LogP contribution in [0.5, 0.6) is 0 Å². The zero-order valence-electron chi connectivity index (χ0n) is 25.1. The minimum absolute atomic E-state index is 0.486. The van der Waals surface area contributed by atoms with Crippen LogP contribution in [0.25, 0.3) is 49.7 Å². The van der Waals surface area contributed by atoms with Crippen LogP contribution in [0, 0.1) is 6.92 Å². The SMILES string of the molecule is Cc1ccc(-c2cc3c(c4c2c2ccccc2n4-c2ccccc2)-c2ccccc2C3(c2ccccc2)c2ccccc2)cc1. The second-order valence-electron chi connectivity index (χ2n) is 12.2. The molecule has 0 N–H and O–H groups in total. The number of aromatic nitrogens is 1. The van der Waals surface area contributed by atoms with Crippen molar-refractivity contribution in [1.29, 1.82) is 0 Å². The Morgan fingerprint density at radius 2 is 1.07 bits per heavy atom. The molecule has 1 aromatic heterocycles. The fraction of sp³-hybridized carbons (Fsp3) is 0.0455. The molecule has 1 heterocycles. The lowest BCUT2D eigenvalue weighted by atomic mass is 9.67. The molecule has 0 saturated carbocycles. The molecule has 1 aliphatic rings. The van der Waals surface area contributed by atoms with E-state index in [0.717, 1.165) is 0 Å². The molecule has 212 valence electrons. The van der Waals surface area contributed by atoms with Gasteiger partial charge in [-0.3, -0.25) is 0 Å². The van der Waals surface area contributed by atoms with Crippen LogP contribution < -0.4 is 0 Å². The van der Waals surface area contributed by atoms with Gasteiger partial charge in [0.05, 0.1) is 16.4 Å².